The predicted molar refractivity (Wildman–Crippen MR) is 247 cm³/mol. The number of phosphoric ester groups is 1. The van der Waals surface area contributed by atoms with Gasteiger partial charge in [0.25, 0.3) is 0 Å². The van der Waals surface area contributed by atoms with Crippen molar-refractivity contribution < 1.29 is 57.7 Å². The van der Waals surface area contributed by atoms with Gasteiger partial charge in [0.05, 0.1) is 25.4 Å². The molecule has 14 heteroatoms. The molecule has 62 heavy (non-hydrogen) atoms. The van der Waals surface area contributed by atoms with Gasteiger partial charge < -0.3 is 35.4 Å². The van der Waals surface area contributed by atoms with Gasteiger partial charge in [-0.15, -0.1) is 0 Å². The van der Waals surface area contributed by atoms with E-state index in [0.717, 1.165) is 25.7 Å². The number of nitrogens with two attached hydrogens (primary N) is 1. The summed E-state index contributed by atoms with van der Waals surface area (Å²) in [6.45, 7) is 2.35. The number of carbonyl (C=O) groups is 3. The van der Waals surface area contributed by atoms with Crippen LogP contribution in [0.25, 0.3) is 0 Å². The Labute approximate surface area is 371 Å². The zero-order valence-corrected chi connectivity index (χ0v) is 38.0. The average molecular weight is 890 g/mol. The van der Waals surface area contributed by atoms with E-state index in [4.69, 9.17) is 24.8 Å². The minimum Gasteiger partial charge on any atom is -0.480 e. The molecule has 0 aromatic heterocycles. The van der Waals surface area contributed by atoms with Gasteiger partial charge in [-0.25, -0.2) is 4.57 Å². The number of carbonyl (C=O) groups excluding carboxylic acids is 2. The molecule has 0 saturated carbocycles. The molecule has 0 fully saturated rings. The van der Waals surface area contributed by atoms with Crippen LogP contribution < -0.4 is 5.73 Å². The fraction of sp³-hybridized carbons (Fsp3) is 0.562. The molecule has 0 aromatic rings. The number of aliphatic hydroxyl groups is 2. The number of unbranched alkanes of at least 4 members (excludes halogenated alkanes) is 7. The van der Waals surface area contributed by atoms with E-state index in [1.54, 1.807) is 42.5 Å². The van der Waals surface area contributed by atoms with Crippen LogP contribution in [0.15, 0.2) is 109 Å². The van der Waals surface area contributed by atoms with Crippen LogP contribution in [0.1, 0.15) is 129 Å². The number of aliphatic hydroxyl groups excluding tert-OH is 2. The third-order valence-electron chi connectivity index (χ3n) is 8.68. The summed E-state index contributed by atoms with van der Waals surface area (Å²) >= 11 is 0. The summed E-state index contributed by atoms with van der Waals surface area (Å²) in [7, 11) is -4.78. The van der Waals surface area contributed by atoms with Gasteiger partial charge in [-0.05, 0) is 70.6 Å². The average Bonchev–Trinajstić information content (AvgIpc) is 3.24. The molecule has 0 amide bonds. The predicted octanol–water partition coefficient (Wildman–Crippen LogP) is 9.78. The van der Waals surface area contributed by atoms with Crippen LogP contribution in [-0.4, -0.2) is 82.3 Å². The maximum absolute atomic E-state index is 12.6. The van der Waals surface area contributed by atoms with Crippen LogP contribution in [0.5, 0.6) is 0 Å². The van der Waals surface area contributed by atoms with Gasteiger partial charge in [0.15, 0.2) is 6.10 Å². The second-order valence-electron chi connectivity index (χ2n) is 14.5. The van der Waals surface area contributed by atoms with Crippen molar-refractivity contribution in [2.24, 2.45) is 5.73 Å². The molecule has 5 atom stereocenters. The van der Waals surface area contributed by atoms with E-state index in [0.29, 0.717) is 38.5 Å². The molecule has 0 saturated heterocycles. The van der Waals surface area contributed by atoms with Crippen molar-refractivity contribution in [3.63, 3.8) is 0 Å². The van der Waals surface area contributed by atoms with Crippen LogP contribution >= 0.6 is 7.82 Å². The summed E-state index contributed by atoms with van der Waals surface area (Å²) in [5.74, 6) is -2.65. The molecular weight excluding hydrogens is 813 g/mol. The fourth-order valence-electron chi connectivity index (χ4n) is 5.16. The first-order chi connectivity index (χ1) is 29.9. The maximum atomic E-state index is 12.6. The normalized spacial score (nSPS) is 15.7. The molecule has 0 aliphatic rings. The first-order valence-corrected chi connectivity index (χ1v) is 23.6. The standard InChI is InChI=1S/C48H76NO12P/c1-3-5-7-8-9-10-11-12-13-14-15-16-17-18-19-23-31-37-46(52)58-39-44(40-59-62(56,57)60-41-45(49)48(54)55)61-47(53)38-32-24-21-20-22-28-34-43(51)36-30-26-25-29-35-42(50)33-27-6-4-2/h6,12-13,15-16,18-19,21-22,24-30,35-36,42-45,50-51H,3-5,7-11,14,17,20,23,31-34,37-41,49H2,1-2H3,(H,54,55)(H,56,57)/b13-12-,16-15-,19-18-,24-21-,26-25-,27-6-,28-22-,35-29+,36-30+/t42-,43+,44+,45-/m0/s1. The molecule has 1 unspecified atom stereocenters. The lowest BCUT2D eigenvalue weighted by molar-refractivity contribution is -0.161. The lowest BCUT2D eigenvalue weighted by Crippen LogP contribution is -2.34. The Hall–Kier alpha value is -3.94. The van der Waals surface area contributed by atoms with Crippen molar-refractivity contribution in [2.75, 3.05) is 19.8 Å². The number of carboxylic acid groups (broad SMARTS) is 1. The topological polar surface area (TPSA) is 212 Å². The minimum atomic E-state index is -4.78. The summed E-state index contributed by atoms with van der Waals surface area (Å²) in [5, 5.41) is 28.9. The molecule has 350 valence electrons. The first kappa shape index (κ1) is 58.1. The third-order valence-corrected chi connectivity index (χ3v) is 9.64. The summed E-state index contributed by atoms with van der Waals surface area (Å²) < 4.78 is 32.5. The molecule has 0 aromatic carbocycles. The number of ether oxygens (including phenoxy) is 2. The van der Waals surface area contributed by atoms with Crippen LogP contribution in [0.2, 0.25) is 0 Å². The molecule has 13 nitrogen and oxygen atoms in total. The van der Waals surface area contributed by atoms with Crippen molar-refractivity contribution >= 4 is 25.7 Å². The lowest BCUT2D eigenvalue weighted by Gasteiger charge is -2.20. The first-order valence-electron chi connectivity index (χ1n) is 22.1. The van der Waals surface area contributed by atoms with E-state index in [1.165, 1.54) is 38.5 Å². The molecular formula is C48H76NO12P. The highest BCUT2D eigenvalue weighted by atomic mass is 31.2. The largest absolute Gasteiger partial charge is 0.480 e. The van der Waals surface area contributed by atoms with Gasteiger partial charge in [-0.3, -0.25) is 23.4 Å². The maximum Gasteiger partial charge on any atom is 0.472 e. The highest BCUT2D eigenvalue weighted by Crippen LogP contribution is 2.43. The van der Waals surface area contributed by atoms with Gasteiger partial charge in [0.1, 0.15) is 12.6 Å². The van der Waals surface area contributed by atoms with Gasteiger partial charge in [-0.1, -0.05) is 155 Å². The quantitative estimate of drug-likeness (QED) is 0.0128. The smallest absolute Gasteiger partial charge is 0.472 e. The Bertz CT molecular complexity index is 1500. The highest BCUT2D eigenvalue weighted by molar-refractivity contribution is 7.47. The SMILES string of the molecule is CC/C=C\C[C@H](O)/C=C/C=C\C=C\[C@H](O)C/C=C\C/C=C\CCC(=O)O[C@H](COC(=O)CCC/C=C\C/C=C\C/C=C\CCCCCCCC)COP(=O)(O)OC[C@H](N)C(=O)O. The van der Waals surface area contributed by atoms with E-state index >= 15 is 0 Å². The number of esters is 2. The van der Waals surface area contributed by atoms with Crippen molar-refractivity contribution in [3.8, 4) is 0 Å². The third kappa shape index (κ3) is 40.2. The van der Waals surface area contributed by atoms with E-state index in [9.17, 15) is 34.1 Å². The van der Waals surface area contributed by atoms with E-state index in [2.05, 4.69) is 35.8 Å². The number of hydrogen-bond donors (Lipinski definition) is 5. The summed E-state index contributed by atoms with van der Waals surface area (Å²) in [5.41, 5.74) is 5.32. The molecule has 0 spiro atoms. The van der Waals surface area contributed by atoms with Crippen molar-refractivity contribution in [2.45, 2.75) is 154 Å². The van der Waals surface area contributed by atoms with E-state index in [1.807, 2.05) is 49.5 Å². The Balaban J connectivity index is 4.70. The molecule has 0 radical (unpaired) electrons. The number of phosphoric acid groups is 1. The molecule has 0 rings (SSSR count). The van der Waals surface area contributed by atoms with Crippen LogP contribution in [0.4, 0.5) is 0 Å². The number of allylic oxidation sites excluding steroid dienone is 14. The van der Waals surface area contributed by atoms with Crippen LogP contribution in [0, 0.1) is 0 Å². The Morgan fingerprint density at radius 2 is 1.11 bits per heavy atom. The Morgan fingerprint density at radius 3 is 1.71 bits per heavy atom. The fourth-order valence-corrected chi connectivity index (χ4v) is 5.94. The zero-order chi connectivity index (χ0) is 45.9. The van der Waals surface area contributed by atoms with E-state index in [-0.39, 0.29) is 12.8 Å². The van der Waals surface area contributed by atoms with E-state index < -0.39 is 69.9 Å². The number of hydrogen-bond acceptors (Lipinski definition) is 11. The Morgan fingerprint density at radius 1 is 0.597 bits per heavy atom. The number of carboxylic acids is 1. The summed E-state index contributed by atoms with van der Waals surface area (Å²) in [6, 6.07) is -1.56. The van der Waals surface area contributed by atoms with Crippen molar-refractivity contribution in [1.29, 1.82) is 0 Å². The van der Waals surface area contributed by atoms with Gasteiger partial charge in [0.2, 0.25) is 0 Å². The van der Waals surface area contributed by atoms with Gasteiger partial charge in [0, 0.05) is 12.8 Å². The monoisotopic (exact) mass is 890 g/mol. The van der Waals surface area contributed by atoms with Gasteiger partial charge in [-0.2, -0.15) is 0 Å². The number of aliphatic carboxylic acids is 1. The zero-order valence-electron chi connectivity index (χ0n) is 37.1. The molecule has 0 bridgehead atoms. The molecule has 0 heterocycles. The molecule has 0 aliphatic carbocycles. The number of rotatable bonds is 39. The van der Waals surface area contributed by atoms with Crippen molar-refractivity contribution in [3.05, 3.63) is 109 Å². The summed E-state index contributed by atoms with van der Waals surface area (Å²) in [6.07, 6.45) is 46.7. The highest BCUT2D eigenvalue weighted by Gasteiger charge is 2.28. The van der Waals surface area contributed by atoms with Gasteiger partial charge >= 0.3 is 25.7 Å². The lowest BCUT2D eigenvalue weighted by atomic mass is 10.1. The minimum absolute atomic E-state index is 0.0377. The second kappa shape index (κ2) is 41.1. The molecule has 6 N–H and O–H groups in total. The second-order valence-corrected chi connectivity index (χ2v) is 15.9. The summed E-state index contributed by atoms with van der Waals surface area (Å²) in [4.78, 5) is 45.9. The van der Waals surface area contributed by atoms with Crippen LogP contribution in [-0.2, 0) is 37.5 Å². The molecule has 0 aliphatic heterocycles. The van der Waals surface area contributed by atoms with Crippen LogP contribution in [0.3, 0.4) is 0 Å². The Kier molecular flexibility index (Phi) is 38.5. The van der Waals surface area contributed by atoms with Crippen molar-refractivity contribution in [1.82, 2.24) is 0 Å².